The van der Waals surface area contributed by atoms with Crippen molar-refractivity contribution in [3.05, 3.63) is 59.8 Å². The topological polar surface area (TPSA) is 57.7 Å². The van der Waals surface area contributed by atoms with E-state index in [9.17, 15) is 4.79 Å². The van der Waals surface area contributed by atoms with Gasteiger partial charge in [-0.3, -0.25) is 9.69 Å². The van der Waals surface area contributed by atoms with Crippen LogP contribution in [0.1, 0.15) is 28.8 Å². The Balaban J connectivity index is 1.29. The highest BCUT2D eigenvalue weighted by Gasteiger charge is 2.22. The number of anilines is 1. The average molecular weight is 380 g/mol. The number of hydrogen-bond donors (Lipinski definition) is 1. The van der Waals surface area contributed by atoms with Crippen LogP contribution < -0.4 is 5.32 Å². The van der Waals surface area contributed by atoms with Crippen LogP contribution in [0.5, 0.6) is 0 Å². The van der Waals surface area contributed by atoms with Crippen LogP contribution >= 0.6 is 0 Å². The first-order valence-corrected chi connectivity index (χ1v) is 10.1. The highest BCUT2D eigenvalue weighted by Crippen LogP contribution is 2.16. The SMILES string of the molecule is O=C(c1ccnc(NCC2CCCO2)c1)N1CCN(Cc2ccccc2)CC1. The van der Waals surface area contributed by atoms with Gasteiger partial charge in [-0.2, -0.15) is 0 Å². The Bertz CT molecular complexity index is 769. The molecular formula is C22H28N4O2. The molecule has 2 fully saturated rings. The number of amides is 1. The number of pyridine rings is 1. The molecule has 148 valence electrons. The molecule has 6 heteroatoms. The van der Waals surface area contributed by atoms with Gasteiger partial charge in [0.15, 0.2) is 0 Å². The molecule has 1 unspecified atom stereocenters. The molecular weight excluding hydrogens is 352 g/mol. The molecule has 3 heterocycles. The zero-order valence-electron chi connectivity index (χ0n) is 16.2. The number of aromatic nitrogens is 1. The van der Waals surface area contributed by atoms with Crippen molar-refractivity contribution in [2.24, 2.45) is 0 Å². The van der Waals surface area contributed by atoms with E-state index in [1.54, 1.807) is 12.3 Å². The second-order valence-electron chi connectivity index (χ2n) is 7.50. The molecule has 0 aliphatic carbocycles. The molecule has 4 rings (SSSR count). The monoisotopic (exact) mass is 380 g/mol. The first-order chi connectivity index (χ1) is 13.8. The third-order valence-electron chi connectivity index (χ3n) is 5.45. The Kier molecular flexibility index (Phi) is 6.19. The van der Waals surface area contributed by atoms with E-state index in [-0.39, 0.29) is 12.0 Å². The molecule has 2 aliphatic heterocycles. The van der Waals surface area contributed by atoms with Crippen molar-refractivity contribution in [2.75, 3.05) is 44.6 Å². The maximum absolute atomic E-state index is 12.9. The first kappa shape index (κ1) is 18.9. The molecule has 1 N–H and O–H groups in total. The van der Waals surface area contributed by atoms with Crippen LogP contribution in [0, 0.1) is 0 Å². The Labute approximate surface area is 166 Å². The molecule has 0 radical (unpaired) electrons. The molecule has 2 aliphatic rings. The van der Waals surface area contributed by atoms with E-state index in [1.807, 2.05) is 17.0 Å². The van der Waals surface area contributed by atoms with Crippen LogP contribution in [-0.4, -0.2) is 66.1 Å². The Hall–Kier alpha value is -2.44. The number of nitrogens with one attached hydrogen (secondary N) is 1. The molecule has 28 heavy (non-hydrogen) atoms. The van der Waals surface area contributed by atoms with Crippen molar-refractivity contribution in [1.29, 1.82) is 0 Å². The van der Waals surface area contributed by atoms with E-state index in [2.05, 4.69) is 39.5 Å². The van der Waals surface area contributed by atoms with Crippen molar-refractivity contribution in [2.45, 2.75) is 25.5 Å². The molecule has 1 amide bonds. The fraction of sp³-hybridized carbons (Fsp3) is 0.455. The van der Waals surface area contributed by atoms with Crippen LogP contribution in [0.2, 0.25) is 0 Å². The van der Waals surface area contributed by atoms with E-state index in [4.69, 9.17) is 4.74 Å². The number of hydrogen-bond acceptors (Lipinski definition) is 5. The van der Waals surface area contributed by atoms with Crippen LogP contribution in [0.4, 0.5) is 5.82 Å². The highest BCUT2D eigenvalue weighted by atomic mass is 16.5. The minimum Gasteiger partial charge on any atom is -0.376 e. The molecule has 0 spiro atoms. The first-order valence-electron chi connectivity index (χ1n) is 10.1. The lowest BCUT2D eigenvalue weighted by Crippen LogP contribution is -2.48. The number of nitrogens with zero attached hydrogens (tertiary/aromatic N) is 3. The Morgan fingerprint density at radius 2 is 1.96 bits per heavy atom. The van der Waals surface area contributed by atoms with Gasteiger partial charge in [0, 0.05) is 57.6 Å². The summed E-state index contributed by atoms with van der Waals surface area (Å²) in [6.45, 7) is 5.83. The van der Waals surface area contributed by atoms with E-state index >= 15 is 0 Å². The molecule has 6 nitrogen and oxygen atoms in total. The van der Waals surface area contributed by atoms with Crippen LogP contribution in [-0.2, 0) is 11.3 Å². The van der Waals surface area contributed by atoms with Gasteiger partial charge in [0.1, 0.15) is 5.82 Å². The van der Waals surface area contributed by atoms with Gasteiger partial charge in [-0.25, -0.2) is 4.98 Å². The number of ether oxygens (including phenoxy) is 1. The minimum atomic E-state index is 0.0851. The quantitative estimate of drug-likeness (QED) is 0.835. The van der Waals surface area contributed by atoms with Crippen molar-refractivity contribution in [3.8, 4) is 0 Å². The molecule has 2 aromatic rings. The smallest absolute Gasteiger partial charge is 0.254 e. The summed E-state index contributed by atoms with van der Waals surface area (Å²) in [6.07, 6.45) is 4.16. The summed E-state index contributed by atoms with van der Waals surface area (Å²) in [5, 5.41) is 3.30. The maximum Gasteiger partial charge on any atom is 0.254 e. The zero-order valence-corrected chi connectivity index (χ0v) is 16.2. The Morgan fingerprint density at radius 3 is 2.71 bits per heavy atom. The number of rotatable bonds is 6. The molecule has 2 saturated heterocycles. The number of carbonyl (C=O) groups excluding carboxylic acids is 1. The second kappa shape index (κ2) is 9.17. The summed E-state index contributed by atoms with van der Waals surface area (Å²) in [4.78, 5) is 21.6. The van der Waals surface area contributed by atoms with Crippen molar-refractivity contribution >= 4 is 11.7 Å². The van der Waals surface area contributed by atoms with Crippen molar-refractivity contribution < 1.29 is 9.53 Å². The van der Waals surface area contributed by atoms with Crippen LogP contribution in [0.25, 0.3) is 0 Å². The second-order valence-corrected chi connectivity index (χ2v) is 7.50. The van der Waals surface area contributed by atoms with Gasteiger partial charge in [-0.15, -0.1) is 0 Å². The van der Waals surface area contributed by atoms with Gasteiger partial charge in [0.2, 0.25) is 0 Å². The van der Waals surface area contributed by atoms with Crippen LogP contribution in [0.15, 0.2) is 48.7 Å². The van der Waals surface area contributed by atoms with Crippen LogP contribution in [0.3, 0.4) is 0 Å². The minimum absolute atomic E-state index is 0.0851. The van der Waals surface area contributed by atoms with E-state index in [0.717, 1.165) is 64.5 Å². The summed E-state index contributed by atoms with van der Waals surface area (Å²) < 4.78 is 5.63. The summed E-state index contributed by atoms with van der Waals surface area (Å²) in [6, 6.07) is 14.1. The van der Waals surface area contributed by atoms with Gasteiger partial charge in [-0.05, 0) is 30.5 Å². The lowest BCUT2D eigenvalue weighted by molar-refractivity contribution is 0.0628. The van der Waals surface area contributed by atoms with Crippen molar-refractivity contribution in [1.82, 2.24) is 14.8 Å². The number of benzene rings is 1. The Morgan fingerprint density at radius 1 is 1.14 bits per heavy atom. The molecule has 1 aromatic carbocycles. The fourth-order valence-corrected chi connectivity index (χ4v) is 3.82. The molecule has 1 aromatic heterocycles. The maximum atomic E-state index is 12.9. The summed E-state index contributed by atoms with van der Waals surface area (Å²) in [5.74, 6) is 0.825. The van der Waals surface area contributed by atoms with E-state index < -0.39 is 0 Å². The van der Waals surface area contributed by atoms with E-state index in [0.29, 0.717) is 5.56 Å². The van der Waals surface area contributed by atoms with Crippen molar-refractivity contribution in [3.63, 3.8) is 0 Å². The standard InChI is InChI=1S/C22H28N4O2/c27-22(19-8-9-23-21(15-19)24-16-20-7-4-14-28-20)26-12-10-25(11-13-26)17-18-5-2-1-3-6-18/h1-3,5-6,8-9,15,20H,4,7,10-14,16-17H2,(H,23,24). The third kappa shape index (κ3) is 4.88. The predicted molar refractivity (Wildman–Crippen MR) is 109 cm³/mol. The van der Waals surface area contributed by atoms with Gasteiger partial charge in [-0.1, -0.05) is 30.3 Å². The van der Waals surface area contributed by atoms with E-state index in [1.165, 1.54) is 5.56 Å². The largest absolute Gasteiger partial charge is 0.376 e. The van der Waals surface area contributed by atoms with Gasteiger partial charge < -0.3 is 15.0 Å². The summed E-state index contributed by atoms with van der Waals surface area (Å²) in [7, 11) is 0. The highest BCUT2D eigenvalue weighted by molar-refractivity contribution is 5.94. The zero-order chi connectivity index (χ0) is 19.2. The number of carbonyl (C=O) groups is 1. The summed E-state index contributed by atoms with van der Waals surface area (Å²) in [5.41, 5.74) is 2.01. The predicted octanol–water partition coefficient (Wildman–Crippen LogP) is 2.63. The van der Waals surface area contributed by atoms with Gasteiger partial charge >= 0.3 is 0 Å². The van der Waals surface area contributed by atoms with Gasteiger partial charge in [0.05, 0.1) is 6.10 Å². The average Bonchev–Trinajstić information content (AvgIpc) is 3.27. The lowest BCUT2D eigenvalue weighted by Gasteiger charge is -2.34. The normalized spacial score (nSPS) is 20.3. The fourth-order valence-electron chi connectivity index (χ4n) is 3.82. The lowest BCUT2D eigenvalue weighted by atomic mass is 10.1. The molecule has 1 atom stereocenters. The molecule has 0 bridgehead atoms. The van der Waals surface area contributed by atoms with Gasteiger partial charge in [0.25, 0.3) is 5.91 Å². The number of piperazine rings is 1. The molecule has 0 saturated carbocycles. The summed E-state index contributed by atoms with van der Waals surface area (Å²) >= 11 is 0. The third-order valence-corrected chi connectivity index (χ3v) is 5.45.